The summed E-state index contributed by atoms with van der Waals surface area (Å²) < 4.78 is 22.2. The van der Waals surface area contributed by atoms with Gasteiger partial charge in [-0.05, 0) is 0 Å². The fraction of sp³-hybridized carbons (Fsp3) is 0.250. The molecule has 0 bridgehead atoms. The first-order valence-electron chi connectivity index (χ1n) is 8.31. The molecule has 3 aromatic rings. The fourth-order valence-electron chi connectivity index (χ4n) is 2.67. The van der Waals surface area contributed by atoms with Gasteiger partial charge in [-0.25, -0.2) is 4.98 Å². The van der Waals surface area contributed by atoms with Gasteiger partial charge in [0, 0.05) is 31.5 Å². The number of hydrogen-bond acceptors (Lipinski definition) is 13. The van der Waals surface area contributed by atoms with Crippen LogP contribution in [-0.2, 0) is 0 Å². The lowest BCUT2D eigenvalue weighted by Gasteiger charge is -2.23. The first-order valence-corrected chi connectivity index (χ1v) is 9.19. The molecule has 0 unspecified atom stereocenters. The minimum absolute atomic E-state index is 0.114. The molecule has 12 nitrogen and oxygen atoms in total. The van der Waals surface area contributed by atoms with E-state index in [0.717, 1.165) is 5.17 Å². The van der Waals surface area contributed by atoms with Crippen molar-refractivity contribution in [3.05, 3.63) is 30.1 Å². The topological polar surface area (TPSA) is 138 Å². The quantitative estimate of drug-likeness (QED) is 0.416. The van der Waals surface area contributed by atoms with Crippen molar-refractivity contribution in [2.45, 2.75) is 19.6 Å². The van der Waals surface area contributed by atoms with Crippen LogP contribution in [0.3, 0.4) is 0 Å². The van der Waals surface area contributed by atoms with Gasteiger partial charge in [-0.1, -0.05) is 0 Å². The summed E-state index contributed by atoms with van der Waals surface area (Å²) in [5, 5.41) is 23.9. The Labute approximate surface area is 168 Å². The van der Waals surface area contributed by atoms with E-state index >= 15 is 0 Å². The fourth-order valence-corrected chi connectivity index (χ4v) is 3.18. The third-order valence-corrected chi connectivity index (χ3v) is 4.50. The summed E-state index contributed by atoms with van der Waals surface area (Å²) in [4.78, 5) is 7.88. The van der Waals surface area contributed by atoms with E-state index in [2.05, 4.69) is 20.8 Å². The number of benzene rings is 1. The standard InChI is InChI=1S/C16H18N6O6S/c1-16(2)27-10-8-9(19-22(24)15-18-5-7-29-15)11(13(25-3)12(10)28-16)20-21(23)14-17-4-6-26-14/h4-8,19-20,23-24H,1-3H3. The average molecular weight is 422 g/mol. The van der Waals surface area contributed by atoms with E-state index < -0.39 is 5.79 Å². The van der Waals surface area contributed by atoms with E-state index in [1.54, 1.807) is 31.5 Å². The summed E-state index contributed by atoms with van der Waals surface area (Å²) in [6, 6.07) is 1.46. The Balaban J connectivity index is 1.75. The normalized spacial score (nSPS) is 13.8. The third kappa shape index (κ3) is 3.65. The number of thiazole rings is 1. The SMILES string of the molecule is COc1c(NN(O)c2ncco2)c(NN(O)c2nccs2)cc2c1OC(C)(C)O2. The van der Waals surface area contributed by atoms with Gasteiger partial charge in [0.1, 0.15) is 12.0 Å². The number of anilines is 4. The molecule has 0 saturated heterocycles. The van der Waals surface area contributed by atoms with Crippen LogP contribution in [0.15, 0.2) is 34.5 Å². The van der Waals surface area contributed by atoms with Crippen LogP contribution in [0.1, 0.15) is 13.8 Å². The molecule has 0 fully saturated rings. The monoisotopic (exact) mass is 422 g/mol. The highest BCUT2D eigenvalue weighted by molar-refractivity contribution is 7.13. The Morgan fingerprint density at radius 2 is 1.97 bits per heavy atom. The van der Waals surface area contributed by atoms with Gasteiger partial charge in [0.2, 0.25) is 16.7 Å². The molecule has 0 saturated carbocycles. The zero-order chi connectivity index (χ0) is 20.6. The van der Waals surface area contributed by atoms with Gasteiger partial charge < -0.3 is 18.6 Å². The highest BCUT2D eigenvalue weighted by Crippen LogP contribution is 2.53. The molecule has 4 rings (SSSR count). The number of rotatable bonds is 7. The highest BCUT2D eigenvalue weighted by atomic mass is 32.1. The number of ether oxygens (including phenoxy) is 3. The van der Waals surface area contributed by atoms with Crippen LogP contribution in [0.4, 0.5) is 22.5 Å². The number of hydrazine groups is 2. The molecule has 0 amide bonds. The Morgan fingerprint density at radius 3 is 2.62 bits per heavy atom. The molecule has 154 valence electrons. The molecule has 29 heavy (non-hydrogen) atoms. The lowest BCUT2D eigenvalue weighted by atomic mass is 10.2. The summed E-state index contributed by atoms with van der Waals surface area (Å²) in [6.07, 6.45) is 4.22. The maximum atomic E-state index is 10.3. The van der Waals surface area contributed by atoms with E-state index in [1.807, 2.05) is 0 Å². The van der Waals surface area contributed by atoms with Crippen LogP contribution in [-0.4, -0.2) is 33.3 Å². The Morgan fingerprint density at radius 1 is 1.14 bits per heavy atom. The molecular weight excluding hydrogens is 404 g/mol. The Hall–Kier alpha value is -3.42. The zero-order valence-electron chi connectivity index (χ0n) is 15.6. The second kappa shape index (κ2) is 7.20. The number of oxazole rings is 1. The van der Waals surface area contributed by atoms with Crippen molar-refractivity contribution in [1.82, 2.24) is 9.97 Å². The van der Waals surface area contributed by atoms with Crippen LogP contribution in [0, 0.1) is 0 Å². The first-order chi connectivity index (χ1) is 13.9. The maximum Gasteiger partial charge on any atom is 0.342 e. The second-order valence-corrected chi connectivity index (χ2v) is 7.11. The summed E-state index contributed by atoms with van der Waals surface area (Å²) in [6.45, 7) is 3.48. The van der Waals surface area contributed by atoms with Crippen molar-refractivity contribution in [3.63, 3.8) is 0 Å². The molecule has 1 aliphatic heterocycles. The molecule has 3 heterocycles. The van der Waals surface area contributed by atoms with Crippen molar-refractivity contribution in [2.75, 3.05) is 28.3 Å². The van der Waals surface area contributed by atoms with Crippen molar-refractivity contribution >= 4 is 33.9 Å². The van der Waals surface area contributed by atoms with Gasteiger partial charge in [0.05, 0.1) is 19.0 Å². The molecule has 0 atom stereocenters. The minimum atomic E-state index is -0.929. The molecule has 0 spiro atoms. The number of nitrogens with zero attached hydrogens (tertiary/aromatic N) is 4. The Kier molecular flexibility index (Phi) is 4.70. The molecule has 0 aliphatic carbocycles. The number of aromatic nitrogens is 2. The second-order valence-electron chi connectivity index (χ2n) is 6.24. The summed E-state index contributed by atoms with van der Waals surface area (Å²) >= 11 is 1.21. The van der Waals surface area contributed by atoms with Crippen molar-refractivity contribution in [2.24, 2.45) is 0 Å². The smallest absolute Gasteiger partial charge is 0.342 e. The first kappa shape index (κ1) is 18.9. The van der Waals surface area contributed by atoms with Crippen LogP contribution >= 0.6 is 11.3 Å². The van der Waals surface area contributed by atoms with Gasteiger partial charge in [0.25, 0.3) is 0 Å². The van der Waals surface area contributed by atoms with E-state index in [1.165, 1.54) is 30.9 Å². The predicted octanol–water partition coefficient (Wildman–Crippen LogP) is 3.09. The van der Waals surface area contributed by atoms with Crippen molar-refractivity contribution < 1.29 is 29.0 Å². The van der Waals surface area contributed by atoms with Gasteiger partial charge >= 0.3 is 6.01 Å². The van der Waals surface area contributed by atoms with Crippen molar-refractivity contribution in [1.29, 1.82) is 0 Å². The van der Waals surface area contributed by atoms with Crippen LogP contribution in [0.2, 0.25) is 0 Å². The maximum absolute atomic E-state index is 10.3. The van der Waals surface area contributed by atoms with Crippen LogP contribution in [0.25, 0.3) is 0 Å². The summed E-state index contributed by atoms with van der Waals surface area (Å²) in [7, 11) is 1.43. The predicted molar refractivity (Wildman–Crippen MR) is 103 cm³/mol. The molecule has 1 aromatic carbocycles. The lowest BCUT2D eigenvalue weighted by Crippen LogP contribution is -2.30. The molecule has 2 aromatic heterocycles. The molecule has 13 heteroatoms. The number of hydrogen-bond donors (Lipinski definition) is 4. The number of fused-ring (bicyclic) bond motifs is 1. The average Bonchev–Trinajstić information content (AvgIpc) is 3.42. The summed E-state index contributed by atoms with van der Waals surface area (Å²) in [5.74, 6) is -0.00636. The van der Waals surface area contributed by atoms with Gasteiger partial charge in [0.15, 0.2) is 11.5 Å². The lowest BCUT2D eigenvalue weighted by molar-refractivity contribution is -0.0439. The van der Waals surface area contributed by atoms with E-state index in [0.29, 0.717) is 21.8 Å². The van der Waals surface area contributed by atoms with Crippen LogP contribution < -0.4 is 35.4 Å². The van der Waals surface area contributed by atoms with Gasteiger partial charge in [-0.15, -0.1) is 21.7 Å². The molecular formula is C16H18N6O6S. The third-order valence-electron chi connectivity index (χ3n) is 3.75. The summed E-state index contributed by atoms with van der Waals surface area (Å²) in [5.41, 5.74) is 5.95. The minimum Gasteiger partial charge on any atom is -0.491 e. The number of nitrogens with one attached hydrogen (secondary N) is 2. The van der Waals surface area contributed by atoms with Crippen molar-refractivity contribution in [3.8, 4) is 17.2 Å². The molecule has 0 radical (unpaired) electrons. The molecule has 4 N–H and O–H groups in total. The van der Waals surface area contributed by atoms with Crippen LogP contribution in [0.5, 0.6) is 17.2 Å². The van der Waals surface area contributed by atoms with E-state index in [9.17, 15) is 10.4 Å². The Bertz CT molecular complexity index is 980. The highest BCUT2D eigenvalue weighted by Gasteiger charge is 2.37. The van der Waals surface area contributed by atoms with E-state index in [4.69, 9.17) is 18.6 Å². The van der Waals surface area contributed by atoms with Gasteiger partial charge in [-0.3, -0.25) is 21.3 Å². The molecule has 1 aliphatic rings. The zero-order valence-corrected chi connectivity index (χ0v) is 16.4. The van der Waals surface area contributed by atoms with Gasteiger partial charge in [-0.2, -0.15) is 4.98 Å². The largest absolute Gasteiger partial charge is 0.491 e. The number of methoxy groups -OCH3 is 1. The van der Waals surface area contributed by atoms with E-state index in [-0.39, 0.29) is 23.1 Å².